The van der Waals surface area contributed by atoms with Crippen molar-refractivity contribution < 1.29 is 18.4 Å². The molecule has 0 bridgehead atoms. The number of carbonyl (C=O) groups excluding carboxylic acids is 2. The second-order valence-electron chi connectivity index (χ2n) is 7.86. The van der Waals surface area contributed by atoms with Gasteiger partial charge < -0.3 is 24.0 Å². The predicted octanol–water partition coefficient (Wildman–Crippen LogP) is 4.12. The zero-order valence-electron chi connectivity index (χ0n) is 18.2. The largest absolute Gasteiger partial charge is 0.459 e. The molecule has 0 aliphatic carbocycles. The molecule has 9 heteroatoms. The first-order chi connectivity index (χ1) is 16.6. The number of para-hydroxylation sites is 1. The maximum absolute atomic E-state index is 12.5. The Morgan fingerprint density at radius 2 is 1.65 bits per heavy atom. The quantitative estimate of drug-likeness (QED) is 0.430. The van der Waals surface area contributed by atoms with Gasteiger partial charge in [-0.2, -0.15) is 0 Å². The van der Waals surface area contributed by atoms with Crippen LogP contribution in [0.2, 0.25) is 0 Å². The standard InChI is InChI=1S/C25H22N4O4S/c30-23(22-16-17-4-1-2-5-20(17)33-22)27-25(34)26-18-7-9-19(10-8-18)28-11-13-29(14-12-28)24(31)21-6-3-15-32-21/h1-10,15-16H,11-14H2,(H2,26,27,30,34). The topological polar surface area (TPSA) is 91.0 Å². The lowest BCUT2D eigenvalue weighted by Gasteiger charge is -2.35. The van der Waals surface area contributed by atoms with Crippen LogP contribution in [-0.4, -0.2) is 48.0 Å². The monoisotopic (exact) mass is 474 g/mol. The molecule has 2 aromatic heterocycles. The summed E-state index contributed by atoms with van der Waals surface area (Å²) >= 11 is 5.28. The average Bonchev–Trinajstić information content (AvgIpc) is 3.54. The summed E-state index contributed by atoms with van der Waals surface area (Å²) in [4.78, 5) is 28.9. The fourth-order valence-corrected chi connectivity index (χ4v) is 4.11. The van der Waals surface area contributed by atoms with E-state index in [-0.39, 0.29) is 16.8 Å². The summed E-state index contributed by atoms with van der Waals surface area (Å²) in [5, 5.41) is 6.70. The number of anilines is 2. The van der Waals surface area contributed by atoms with Gasteiger partial charge >= 0.3 is 0 Å². The van der Waals surface area contributed by atoms with E-state index in [9.17, 15) is 9.59 Å². The van der Waals surface area contributed by atoms with Crippen molar-refractivity contribution in [2.24, 2.45) is 0 Å². The van der Waals surface area contributed by atoms with Crippen LogP contribution in [0.4, 0.5) is 11.4 Å². The maximum Gasteiger partial charge on any atom is 0.293 e. The Balaban J connectivity index is 1.13. The number of nitrogens with zero attached hydrogens (tertiary/aromatic N) is 2. The summed E-state index contributed by atoms with van der Waals surface area (Å²) in [6, 6.07) is 20.3. The van der Waals surface area contributed by atoms with Crippen LogP contribution in [0.5, 0.6) is 0 Å². The van der Waals surface area contributed by atoms with Gasteiger partial charge in [0.25, 0.3) is 11.8 Å². The second kappa shape index (κ2) is 9.40. The molecule has 172 valence electrons. The van der Waals surface area contributed by atoms with Crippen LogP contribution in [0.25, 0.3) is 11.0 Å². The van der Waals surface area contributed by atoms with E-state index in [1.54, 1.807) is 29.2 Å². The van der Waals surface area contributed by atoms with Crippen LogP contribution in [0.3, 0.4) is 0 Å². The van der Waals surface area contributed by atoms with Gasteiger partial charge in [0.05, 0.1) is 6.26 Å². The number of furan rings is 2. The minimum atomic E-state index is -0.410. The Morgan fingerprint density at radius 1 is 0.882 bits per heavy atom. The first-order valence-corrected chi connectivity index (χ1v) is 11.3. The molecule has 0 unspecified atom stereocenters. The SMILES string of the molecule is O=C(NC(=S)Nc1ccc(N2CCN(C(=O)c3ccco3)CC2)cc1)c1cc2ccccc2o1. The van der Waals surface area contributed by atoms with E-state index in [0.717, 1.165) is 29.9 Å². The Hall–Kier alpha value is -4.11. The third-order valence-corrected chi connectivity index (χ3v) is 5.87. The smallest absolute Gasteiger partial charge is 0.293 e. The van der Waals surface area contributed by atoms with E-state index in [4.69, 9.17) is 21.1 Å². The van der Waals surface area contributed by atoms with E-state index >= 15 is 0 Å². The molecule has 2 aromatic carbocycles. The molecular weight excluding hydrogens is 452 g/mol. The minimum absolute atomic E-state index is 0.0811. The second-order valence-corrected chi connectivity index (χ2v) is 8.27. The number of nitrogens with one attached hydrogen (secondary N) is 2. The summed E-state index contributed by atoms with van der Waals surface area (Å²) in [7, 11) is 0. The number of carbonyl (C=O) groups is 2. The highest BCUT2D eigenvalue weighted by molar-refractivity contribution is 7.80. The Kier molecular flexibility index (Phi) is 6.01. The molecule has 3 heterocycles. The zero-order chi connectivity index (χ0) is 23.5. The lowest BCUT2D eigenvalue weighted by atomic mass is 10.2. The molecule has 34 heavy (non-hydrogen) atoms. The number of piperazine rings is 1. The Bertz CT molecular complexity index is 1290. The van der Waals surface area contributed by atoms with Crippen molar-refractivity contribution in [2.75, 3.05) is 36.4 Å². The number of amides is 2. The Morgan fingerprint density at radius 3 is 2.35 bits per heavy atom. The highest BCUT2D eigenvalue weighted by Gasteiger charge is 2.23. The van der Waals surface area contributed by atoms with Crippen molar-refractivity contribution in [3.63, 3.8) is 0 Å². The Labute approximate surface area is 201 Å². The van der Waals surface area contributed by atoms with Crippen LogP contribution in [0, 0.1) is 0 Å². The third kappa shape index (κ3) is 4.65. The first kappa shape index (κ1) is 21.7. The fraction of sp³-hybridized carbons (Fsp3) is 0.160. The lowest BCUT2D eigenvalue weighted by molar-refractivity contribution is 0.0714. The van der Waals surface area contributed by atoms with Gasteiger partial charge in [-0.15, -0.1) is 0 Å². The summed E-state index contributed by atoms with van der Waals surface area (Å²) in [6.45, 7) is 2.70. The molecule has 2 N–H and O–H groups in total. The minimum Gasteiger partial charge on any atom is -0.459 e. The molecule has 1 saturated heterocycles. The van der Waals surface area contributed by atoms with Crippen molar-refractivity contribution in [1.82, 2.24) is 10.2 Å². The van der Waals surface area contributed by atoms with Gasteiger partial charge in [-0.1, -0.05) is 18.2 Å². The van der Waals surface area contributed by atoms with Gasteiger partial charge in [0, 0.05) is 42.9 Å². The molecule has 1 aliphatic heterocycles. The summed E-state index contributed by atoms with van der Waals surface area (Å²) < 4.78 is 10.8. The van der Waals surface area contributed by atoms with Crippen molar-refractivity contribution in [3.05, 3.63) is 84.5 Å². The van der Waals surface area contributed by atoms with Crippen molar-refractivity contribution in [2.45, 2.75) is 0 Å². The number of fused-ring (bicyclic) bond motifs is 1. The van der Waals surface area contributed by atoms with Crippen LogP contribution in [0.1, 0.15) is 21.1 Å². The van der Waals surface area contributed by atoms with Gasteiger partial charge in [0.1, 0.15) is 5.58 Å². The molecular formula is C25H22N4O4S. The molecule has 1 fully saturated rings. The summed E-state index contributed by atoms with van der Waals surface area (Å²) in [6.07, 6.45) is 1.51. The van der Waals surface area contributed by atoms with Crippen LogP contribution >= 0.6 is 12.2 Å². The zero-order valence-corrected chi connectivity index (χ0v) is 19.0. The molecule has 1 aliphatic rings. The molecule has 0 spiro atoms. The van der Waals surface area contributed by atoms with Gasteiger partial charge in [-0.05, 0) is 60.7 Å². The molecule has 8 nitrogen and oxygen atoms in total. The number of rotatable bonds is 4. The highest BCUT2D eigenvalue weighted by Crippen LogP contribution is 2.21. The maximum atomic E-state index is 12.5. The van der Waals surface area contributed by atoms with E-state index in [0.29, 0.717) is 24.4 Å². The molecule has 0 atom stereocenters. The molecule has 0 saturated carbocycles. The number of hydrogen-bond acceptors (Lipinski definition) is 6. The van der Waals surface area contributed by atoms with E-state index in [1.807, 2.05) is 42.5 Å². The van der Waals surface area contributed by atoms with Crippen molar-refractivity contribution in [1.29, 1.82) is 0 Å². The predicted molar refractivity (Wildman–Crippen MR) is 133 cm³/mol. The number of thiocarbonyl (C=S) groups is 1. The van der Waals surface area contributed by atoms with Gasteiger partial charge in [0.2, 0.25) is 0 Å². The summed E-state index contributed by atoms with van der Waals surface area (Å²) in [5.74, 6) is 0.0762. The van der Waals surface area contributed by atoms with Crippen molar-refractivity contribution in [3.8, 4) is 0 Å². The van der Waals surface area contributed by atoms with Crippen LogP contribution in [-0.2, 0) is 0 Å². The summed E-state index contributed by atoms with van der Waals surface area (Å²) in [5.41, 5.74) is 2.45. The van der Waals surface area contributed by atoms with E-state index in [1.165, 1.54) is 6.26 Å². The lowest BCUT2D eigenvalue weighted by Crippen LogP contribution is -2.48. The van der Waals surface area contributed by atoms with Gasteiger partial charge in [0.15, 0.2) is 16.6 Å². The van der Waals surface area contributed by atoms with Gasteiger partial charge in [-0.3, -0.25) is 14.9 Å². The first-order valence-electron chi connectivity index (χ1n) is 10.9. The molecule has 0 radical (unpaired) electrons. The van der Waals surface area contributed by atoms with E-state index in [2.05, 4.69) is 15.5 Å². The molecule has 4 aromatic rings. The normalized spacial score (nSPS) is 13.6. The average molecular weight is 475 g/mol. The highest BCUT2D eigenvalue weighted by atomic mass is 32.1. The van der Waals surface area contributed by atoms with E-state index < -0.39 is 5.91 Å². The number of benzene rings is 2. The van der Waals surface area contributed by atoms with Gasteiger partial charge in [-0.25, -0.2) is 0 Å². The van der Waals surface area contributed by atoms with Crippen molar-refractivity contribution >= 4 is 51.5 Å². The third-order valence-electron chi connectivity index (χ3n) is 5.67. The molecule has 2 amide bonds. The molecule has 5 rings (SSSR count). The van der Waals surface area contributed by atoms with Crippen LogP contribution < -0.4 is 15.5 Å². The number of hydrogen-bond donors (Lipinski definition) is 2. The van der Waals surface area contributed by atoms with Crippen LogP contribution in [0.15, 0.2) is 81.8 Å². The fourth-order valence-electron chi connectivity index (χ4n) is 3.90.